The number of ether oxygens (including phenoxy) is 1. The third kappa shape index (κ3) is 2.82. The number of hydrogen-bond acceptors (Lipinski definition) is 3. The summed E-state index contributed by atoms with van der Waals surface area (Å²) in [5.74, 6) is 1.19. The summed E-state index contributed by atoms with van der Waals surface area (Å²) in [5.41, 5.74) is 1.34. The van der Waals surface area contributed by atoms with Crippen molar-refractivity contribution in [1.29, 1.82) is 0 Å². The van der Waals surface area contributed by atoms with Gasteiger partial charge in [0.05, 0.1) is 12.2 Å². The zero-order valence-electron chi connectivity index (χ0n) is 14.8. The minimum absolute atomic E-state index is 0.0460. The second kappa shape index (κ2) is 5.84. The lowest BCUT2D eigenvalue weighted by Gasteiger charge is -2.59. The maximum atomic E-state index is 11.2. The molecular formula is C20H30O3. The summed E-state index contributed by atoms with van der Waals surface area (Å²) < 4.78 is 5.97. The summed E-state index contributed by atoms with van der Waals surface area (Å²) in [7, 11) is 0. The highest BCUT2D eigenvalue weighted by Gasteiger charge is 2.64. The first-order valence-electron chi connectivity index (χ1n) is 9.10. The average molecular weight is 318 g/mol. The Bertz CT molecular complexity index is 515. The average Bonchev–Trinajstić information content (AvgIpc) is 3.24. The first kappa shape index (κ1) is 16.9. The maximum Gasteiger partial charge on any atom is 0.146 e. The Morgan fingerprint density at radius 2 is 1.91 bits per heavy atom. The zero-order valence-corrected chi connectivity index (χ0v) is 14.8. The van der Waals surface area contributed by atoms with Crippen LogP contribution < -0.4 is 0 Å². The normalized spacial score (nSPS) is 42.1. The third-order valence-corrected chi connectivity index (χ3v) is 7.16. The molecule has 3 aliphatic rings. The fourth-order valence-electron chi connectivity index (χ4n) is 5.93. The molecule has 1 spiro atoms. The van der Waals surface area contributed by atoms with Crippen LogP contribution >= 0.6 is 0 Å². The molecule has 2 aliphatic carbocycles. The molecule has 1 heterocycles. The van der Waals surface area contributed by atoms with Gasteiger partial charge in [-0.3, -0.25) is 4.79 Å². The van der Waals surface area contributed by atoms with Gasteiger partial charge in [-0.15, -0.1) is 0 Å². The van der Waals surface area contributed by atoms with E-state index in [1.165, 1.54) is 25.7 Å². The maximum absolute atomic E-state index is 11.2. The van der Waals surface area contributed by atoms with E-state index < -0.39 is 0 Å². The van der Waals surface area contributed by atoms with Gasteiger partial charge in [-0.25, -0.2) is 0 Å². The highest BCUT2D eigenvalue weighted by atomic mass is 16.6. The highest BCUT2D eigenvalue weighted by Crippen LogP contribution is 2.66. The molecule has 3 rings (SSSR count). The minimum atomic E-state index is 0.0460. The Hall–Kier alpha value is -0.960. The summed E-state index contributed by atoms with van der Waals surface area (Å²) in [6.45, 7) is 8.19. The Morgan fingerprint density at radius 1 is 1.17 bits per heavy atom. The standard InChI is InChI=1S/C20H30O3/c1-18(2)9-4-10-19(3)16(18)7-11-20(14-23-20)17(19)6-5-15(13-22)8-12-21/h5,12-13,16-17H,4,6-11,14H2,1-3H3. The predicted octanol–water partition coefficient (Wildman–Crippen LogP) is 4.10. The highest BCUT2D eigenvalue weighted by molar-refractivity contribution is 5.78. The summed E-state index contributed by atoms with van der Waals surface area (Å²) >= 11 is 0. The van der Waals surface area contributed by atoms with Gasteiger partial charge in [-0.1, -0.05) is 33.3 Å². The van der Waals surface area contributed by atoms with E-state index in [0.29, 0.717) is 16.9 Å². The number of fused-ring (bicyclic) bond motifs is 1. The van der Waals surface area contributed by atoms with Gasteiger partial charge in [-0.2, -0.15) is 0 Å². The van der Waals surface area contributed by atoms with Crippen molar-refractivity contribution in [2.75, 3.05) is 6.61 Å². The lowest BCUT2D eigenvalue weighted by Crippen LogP contribution is -2.54. The van der Waals surface area contributed by atoms with Crippen molar-refractivity contribution in [3.63, 3.8) is 0 Å². The monoisotopic (exact) mass is 318 g/mol. The fraction of sp³-hybridized carbons (Fsp3) is 0.800. The molecule has 0 N–H and O–H groups in total. The van der Waals surface area contributed by atoms with Gasteiger partial charge < -0.3 is 9.53 Å². The molecule has 23 heavy (non-hydrogen) atoms. The van der Waals surface area contributed by atoms with Crippen LogP contribution in [0.4, 0.5) is 0 Å². The van der Waals surface area contributed by atoms with Crippen LogP contribution in [-0.4, -0.2) is 24.8 Å². The molecule has 1 aliphatic heterocycles. The predicted molar refractivity (Wildman–Crippen MR) is 90.1 cm³/mol. The Labute approximate surface area is 139 Å². The van der Waals surface area contributed by atoms with E-state index in [-0.39, 0.29) is 17.4 Å². The van der Waals surface area contributed by atoms with Crippen molar-refractivity contribution in [3.05, 3.63) is 11.6 Å². The van der Waals surface area contributed by atoms with E-state index in [1.54, 1.807) is 0 Å². The van der Waals surface area contributed by atoms with Gasteiger partial charge in [0.15, 0.2) is 0 Å². The van der Waals surface area contributed by atoms with Crippen molar-refractivity contribution in [1.82, 2.24) is 0 Å². The molecule has 0 aromatic carbocycles. The van der Waals surface area contributed by atoms with Gasteiger partial charge in [0.1, 0.15) is 12.6 Å². The van der Waals surface area contributed by atoms with Crippen LogP contribution in [0.1, 0.15) is 65.7 Å². The van der Waals surface area contributed by atoms with E-state index in [4.69, 9.17) is 4.74 Å². The van der Waals surface area contributed by atoms with Crippen LogP contribution in [0.5, 0.6) is 0 Å². The number of carbonyl (C=O) groups excluding carboxylic acids is 2. The molecule has 3 fully saturated rings. The lowest BCUT2D eigenvalue weighted by molar-refractivity contribution is -0.109. The largest absolute Gasteiger partial charge is 0.369 e. The minimum Gasteiger partial charge on any atom is -0.369 e. The molecule has 0 radical (unpaired) electrons. The molecule has 1 saturated heterocycles. The molecule has 0 bridgehead atoms. The molecule has 4 atom stereocenters. The SMILES string of the molecule is CC1(C)CCCC2(C)C1CCC1(CO1)C2CC=C(C=O)CC=O. The summed E-state index contributed by atoms with van der Waals surface area (Å²) in [6.07, 6.45) is 11.0. The van der Waals surface area contributed by atoms with Crippen LogP contribution in [0.3, 0.4) is 0 Å². The molecule has 3 heteroatoms. The second-order valence-electron chi connectivity index (χ2n) is 8.85. The summed E-state index contributed by atoms with van der Waals surface area (Å²) in [4.78, 5) is 21.9. The van der Waals surface area contributed by atoms with Gasteiger partial charge in [0.2, 0.25) is 0 Å². The molecule has 2 saturated carbocycles. The van der Waals surface area contributed by atoms with Crippen LogP contribution in [0.15, 0.2) is 11.6 Å². The Balaban J connectivity index is 1.88. The van der Waals surface area contributed by atoms with E-state index in [1.807, 2.05) is 6.08 Å². The number of hydrogen-bond donors (Lipinski definition) is 0. The number of epoxide rings is 1. The number of carbonyl (C=O) groups is 2. The van der Waals surface area contributed by atoms with Crippen molar-refractivity contribution in [3.8, 4) is 0 Å². The fourth-order valence-corrected chi connectivity index (χ4v) is 5.93. The lowest BCUT2D eigenvalue weighted by atomic mass is 9.46. The van der Waals surface area contributed by atoms with Crippen molar-refractivity contribution >= 4 is 12.6 Å². The van der Waals surface area contributed by atoms with Crippen molar-refractivity contribution in [2.24, 2.45) is 22.7 Å². The van der Waals surface area contributed by atoms with Gasteiger partial charge >= 0.3 is 0 Å². The summed E-state index contributed by atoms with van der Waals surface area (Å²) in [6, 6.07) is 0. The van der Waals surface area contributed by atoms with Gasteiger partial charge in [0.25, 0.3) is 0 Å². The van der Waals surface area contributed by atoms with Crippen LogP contribution in [-0.2, 0) is 14.3 Å². The first-order chi connectivity index (χ1) is 10.9. The van der Waals surface area contributed by atoms with Gasteiger partial charge in [-0.05, 0) is 60.3 Å². The number of aldehydes is 2. The molecule has 128 valence electrons. The second-order valence-corrected chi connectivity index (χ2v) is 8.85. The van der Waals surface area contributed by atoms with E-state index in [0.717, 1.165) is 37.9 Å². The Morgan fingerprint density at radius 3 is 2.52 bits per heavy atom. The van der Waals surface area contributed by atoms with Crippen LogP contribution in [0.2, 0.25) is 0 Å². The van der Waals surface area contributed by atoms with E-state index in [9.17, 15) is 9.59 Å². The molecule has 3 nitrogen and oxygen atoms in total. The van der Waals surface area contributed by atoms with E-state index in [2.05, 4.69) is 20.8 Å². The zero-order chi connectivity index (χ0) is 16.7. The van der Waals surface area contributed by atoms with Crippen LogP contribution in [0.25, 0.3) is 0 Å². The number of rotatable bonds is 5. The molecule has 0 amide bonds. The smallest absolute Gasteiger partial charge is 0.146 e. The first-order valence-corrected chi connectivity index (χ1v) is 9.10. The quantitative estimate of drug-likeness (QED) is 0.435. The Kier molecular flexibility index (Phi) is 4.29. The third-order valence-electron chi connectivity index (χ3n) is 7.16. The molecule has 4 unspecified atom stereocenters. The van der Waals surface area contributed by atoms with Crippen molar-refractivity contribution < 1.29 is 14.3 Å². The van der Waals surface area contributed by atoms with Crippen molar-refractivity contribution in [2.45, 2.75) is 71.3 Å². The number of allylic oxidation sites excluding steroid dienone is 2. The topological polar surface area (TPSA) is 46.7 Å². The van der Waals surface area contributed by atoms with Crippen LogP contribution in [0, 0.1) is 22.7 Å². The molecular weight excluding hydrogens is 288 g/mol. The molecule has 0 aromatic heterocycles. The van der Waals surface area contributed by atoms with E-state index >= 15 is 0 Å². The summed E-state index contributed by atoms with van der Waals surface area (Å²) in [5, 5.41) is 0. The molecule has 0 aromatic rings. The van der Waals surface area contributed by atoms with Gasteiger partial charge in [0, 0.05) is 6.42 Å².